The minimum absolute atomic E-state index is 0.271. The molecule has 2 aliphatic rings. The first-order chi connectivity index (χ1) is 8.20. The minimum atomic E-state index is 0.271. The maximum absolute atomic E-state index is 12.3. The van der Waals surface area contributed by atoms with Gasteiger partial charge in [-0.1, -0.05) is 6.92 Å². The van der Waals surface area contributed by atoms with Gasteiger partial charge in [0.2, 0.25) is 5.91 Å². The molecule has 0 radical (unpaired) electrons. The molecule has 2 aliphatic heterocycles. The van der Waals surface area contributed by atoms with Gasteiger partial charge in [0.1, 0.15) is 0 Å². The summed E-state index contributed by atoms with van der Waals surface area (Å²) in [5.74, 6) is 1.00. The van der Waals surface area contributed by atoms with Crippen LogP contribution in [0.2, 0.25) is 0 Å². The van der Waals surface area contributed by atoms with Crippen LogP contribution >= 0.6 is 0 Å². The Balaban J connectivity index is 1.88. The highest BCUT2D eigenvalue weighted by Gasteiger charge is 2.30. The molecule has 3 unspecified atom stereocenters. The number of rotatable bonds is 3. The van der Waals surface area contributed by atoms with Crippen molar-refractivity contribution in [3.63, 3.8) is 0 Å². The van der Waals surface area contributed by atoms with Crippen molar-refractivity contribution in [1.29, 1.82) is 0 Å². The summed E-state index contributed by atoms with van der Waals surface area (Å²) in [4.78, 5) is 14.3. The summed E-state index contributed by atoms with van der Waals surface area (Å²) in [6, 6.07) is 0.674. The third-order valence-corrected chi connectivity index (χ3v) is 4.15. The molecule has 2 rings (SSSR count). The van der Waals surface area contributed by atoms with E-state index < -0.39 is 0 Å². The molecule has 2 saturated heterocycles. The molecule has 98 valence electrons. The van der Waals surface area contributed by atoms with Crippen molar-refractivity contribution in [3.05, 3.63) is 0 Å². The van der Waals surface area contributed by atoms with Gasteiger partial charge in [-0.3, -0.25) is 4.79 Å². The zero-order valence-corrected chi connectivity index (χ0v) is 10.8. The van der Waals surface area contributed by atoms with Gasteiger partial charge in [-0.25, -0.2) is 0 Å². The van der Waals surface area contributed by atoms with Gasteiger partial charge in [-0.2, -0.15) is 0 Å². The highest BCUT2D eigenvalue weighted by Crippen LogP contribution is 2.23. The van der Waals surface area contributed by atoms with Crippen LogP contribution in [0.1, 0.15) is 39.0 Å². The van der Waals surface area contributed by atoms with E-state index in [4.69, 9.17) is 5.73 Å². The number of likely N-dealkylation sites (tertiary alicyclic amines) is 1. The van der Waals surface area contributed by atoms with Gasteiger partial charge in [-0.15, -0.1) is 0 Å². The van der Waals surface area contributed by atoms with E-state index in [-0.39, 0.29) is 6.04 Å². The van der Waals surface area contributed by atoms with Crippen LogP contribution in [0.15, 0.2) is 0 Å². The summed E-state index contributed by atoms with van der Waals surface area (Å²) in [6.07, 6.45) is 5.20. The minimum Gasteiger partial charge on any atom is -0.338 e. The fourth-order valence-electron chi connectivity index (χ4n) is 3.06. The Hall–Kier alpha value is -0.610. The van der Waals surface area contributed by atoms with E-state index in [0.29, 0.717) is 30.8 Å². The van der Waals surface area contributed by atoms with E-state index in [1.807, 2.05) is 4.90 Å². The predicted octanol–water partition coefficient (Wildman–Crippen LogP) is 0.714. The van der Waals surface area contributed by atoms with Crippen LogP contribution in [0.3, 0.4) is 0 Å². The smallest absolute Gasteiger partial charge is 0.224 e. The molecule has 0 saturated carbocycles. The molecule has 3 atom stereocenters. The molecule has 0 aromatic rings. The van der Waals surface area contributed by atoms with Gasteiger partial charge < -0.3 is 16.0 Å². The highest BCUT2D eigenvalue weighted by molar-refractivity contribution is 5.77. The van der Waals surface area contributed by atoms with Gasteiger partial charge in [-0.05, 0) is 38.1 Å². The van der Waals surface area contributed by atoms with E-state index in [1.165, 1.54) is 6.42 Å². The average molecular weight is 239 g/mol. The zero-order valence-electron chi connectivity index (χ0n) is 10.8. The number of hydrogen-bond acceptors (Lipinski definition) is 3. The normalized spacial score (nSPS) is 34.0. The molecule has 3 N–H and O–H groups in total. The largest absolute Gasteiger partial charge is 0.338 e. The van der Waals surface area contributed by atoms with Crippen molar-refractivity contribution in [2.24, 2.45) is 11.7 Å². The Morgan fingerprint density at radius 1 is 1.47 bits per heavy atom. The second kappa shape index (κ2) is 5.83. The topological polar surface area (TPSA) is 58.4 Å². The molecule has 0 aromatic carbocycles. The van der Waals surface area contributed by atoms with E-state index in [0.717, 1.165) is 32.4 Å². The number of hydrogen-bond donors (Lipinski definition) is 2. The third kappa shape index (κ3) is 3.19. The van der Waals surface area contributed by atoms with Gasteiger partial charge in [0, 0.05) is 31.6 Å². The second-order valence-electron chi connectivity index (χ2n) is 5.60. The van der Waals surface area contributed by atoms with Crippen LogP contribution in [0.4, 0.5) is 0 Å². The van der Waals surface area contributed by atoms with Crippen LogP contribution in [0.5, 0.6) is 0 Å². The van der Waals surface area contributed by atoms with Crippen LogP contribution < -0.4 is 11.1 Å². The summed E-state index contributed by atoms with van der Waals surface area (Å²) < 4.78 is 0. The predicted molar refractivity (Wildman–Crippen MR) is 68.6 cm³/mol. The number of nitrogens with one attached hydrogen (secondary N) is 1. The molecule has 0 aliphatic carbocycles. The molecule has 2 heterocycles. The maximum atomic E-state index is 12.3. The second-order valence-corrected chi connectivity index (χ2v) is 5.60. The number of amides is 1. The number of nitrogens with zero attached hydrogens (tertiary/aromatic N) is 1. The van der Waals surface area contributed by atoms with Crippen LogP contribution in [0, 0.1) is 5.92 Å². The summed E-state index contributed by atoms with van der Waals surface area (Å²) >= 11 is 0. The lowest BCUT2D eigenvalue weighted by Gasteiger charge is -2.38. The molecular weight excluding hydrogens is 214 g/mol. The fourth-order valence-corrected chi connectivity index (χ4v) is 3.06. The molecule has 0 bridgehead atoms. The molecular formula is C13H25N3O. The van der Waals surface area contributed by atoms with Gasteiger partial charge >= 0.3 is 0 Å². The van der Waals surface area contributed by atoms with E-state index in [9.17, 15) is 4.79 Å². The standard InChI is InChI=1S/C13H25N3O/c1-10-4-6-16(12(7-10)9-14)13(17)8-11-3-2-5-15-11/h10-12,15H,2-9,14H2,1H3. The van der Waals surface area contributed by atoms with E-state index >= 15 is 0 Å². The SMILES string of the molecule is CC1CCN(C(=O)CC2CCCN2)C(CN)C1. The van der Waals surface area contributed by atoms with E-state index in [1.54, 1.807) is 0 Å². The summed E-state index contributed by atoms with van der Waals surface area (Å²) in [6.45, 7) is 4.82. The first kappa shape index (κ1) is 12.8. The highest BCUT2D eigenvalue weighted by atomic mass is 16.2. The van der Waals surface area contributed by atoms with Crippen molar-refractivity contribution in [3.8, 4) is 0 Å². The number of nitrogens with two attached hydrogens (primary N) is 1. The molecule has 0 spiro atoms. The van der Waals surface area contributed by atoms with Crippen LogP contribution in [-0.2, 0) is 4.79 Å². The Kier molecular flexibility index (Phi) is 4.40. The lowest BCUT2D eigenvalue weighted by atomic mass is 9.92. The summed E-state index contributed by atoms with van der Waals surface area (Å²) in [5, 5.41) is 3.39. The fraction of sp³-hybridized carbons (Fsp3) is 0.923. The number of piperidine rings is 1. The van der Waals surface area contributed by atoms with Crippen molar-refractivity contribution in [2.45, 2.75) is 51.1 Å². The first-order valence-corrected chi connectivity index (χ1v) is 6.93. The van der Waals surface area contributed by atoms with Crippen LogP contribution in [-0.4, -0.2) is 42.5 Å². The monoisotopic (exact) mass is 239 g/mol. The number of carbonyl (C=O) groups is 1. The molecule has 0 aromatic heterocycles. The Labute approximate surface area is 104 Å². The van der Waals surface area contributed by atoms with Gasteiger partial charge in [0.05, 0.1) is 0 Å². The van der Waals surface area contributed by atoms with Gasteiger partial charge in [0.15, 0.2) is 0 Å². The third-order valence-electron chi connectivity index (χ3n) is 4.15. The molecule has 4 heteroatoms. The lowest BCUT2D eigenvalue weighted by molar-refractivity contribution is -0.135. The Morgan fingerprint density at radius 3 is 2.94 bits per heavy atom. The van der Waals surface area contributed by atoms with Crippen LogP contribution in [0.25, 0.3) is 0 Å². The Morgan fingerprint density at radius 2 is 2.29 bits per heavy atom. The molecule has 4 nitrogen and oxygen atoms in total. The van der Waals surface area contributed by atoms with Crippen molar-refractivity contribution in [2.75, 3.05) is 19.6 Å². The van der Waals surface area contributed by atoms with E-state index in [2.05, 4.69) is 12.2 Å². The first-order valence-electron chi connectivity index (χ1n) is 6.93. The molecule has 2 fully saturated rings. The quantitative estimate of drug-likeness (QED) is 0.763. The lowest BCUT2D eigenvalue weighted by Crippen LogP contribution is -2.50. The van der Waals surface area contributed by atoms with Crippen molar-refractivity contribution >= 4 is 5.91 Å². The molecule has 1 amide bonds. The summed E-state index contributed by atoms with van der Waals surface area (Å²) in [5.41, 5.74) is 5.79. The molecule has 17 heavy (non-hydrogen) atoms. The van der Waals surface area contributed by atoms with Crippen molar-refractivity contribution < 1.29 is 4.79 Å². The van der Waals surface area contributed by atoms with Gasteiger partial charge in [0.25, 0.3) is 0 Å². The van der Waals surface area contributed by atoms with Crippen molar-refractivity contribution in [1.82, 2.24) is 10.2 Å². The zero-order chi connectivity index (χ0) is 12.3. The number of carbonyl (C=O) groups excluding carboxylic acids is 1. The maximum Gasteiger partial charge on any atom is 0.224 e. The average Bonchev–Trinajstić information content (AvgIpc) is 2.81. The summed E-state index contributed by atoms with van der Waals surface area (Å²) in [7, 11) is 0. The Bertz CT molecular complexity index is 263.